The summed E-state index contributed by atoms with van der Waals surface area (Å²) < 4.78 is 21.9. The second-order valence-corrected chi connectivity index (χ2v) is 9.85. The lowest BCUT2D eigenvalue weighted by molar-refractivity contribution is -0.128. The fraction of sp³-hybridized carbons (Fsp3) is 0.250. The van der Waals surface area contributed by atoms with Crippen LogP contribution in [-0.2, 0) is 11.8 Å². The molecule has 1 saturated heterocycles. The number of benzene rings is 2. The van der Waals surface area contributed by atoms with Crippen molar-refractivity contribution in [1.82, 2.24) is 39.8 Å². The van der Waals surface area contributed by atoms with Gasteiger partial charge >= 0.3 is 0 Å². The maximum Gasteiger partial charge on any atom is 0.246 e. The lowest BCUT2D eigenvalue weighted by Gasteiger charge is -2.39. The number of amides is 1. The van der Waals surface area contributed by atoms with Crippen LogP contribution < -0.4 is 15.0 Å². The standard InChI is InChI=1S/C28H27FN10O2/c1-5-24(40)39-9-8-38(14-17(39)3)28-30-13-22-25(34-28)27(32-15-31-22)33-18-6-7-23(16(2)10-18)41-19-11-20(29)26-21(12-19)35-36-37(26)4/h5-7,10-13,15,17H,1,8-9,14H2,2-4H3,(H,31,32,33)/t17-/m1/s1. The minimum Gasteiger partial charge on any atom is -0.457 e. The Morgan fingerprint density at radius 3 is 2.80 bits per heavy atom. The number of carbonyl (C=O) groups is 1. The van der Waals surface area contributed by atoms with Crippen molar-refractivity contribution in [2.24, 2.45) is 7.05 Å². The van der Waals surface area contributed by atoms with Gasteiger partial charge in [-0.1, -0.05) is 11.8 Å². The van der Waals surface area contributed by atoms with Gasteiger partial charge in [-0.05, 0) is 43.7 Å². The van der Waals surface area contributed by atoms with Crippen LogP contribution in [0.5, 0.6) is 11.5 Å². The third-order valence-electron chi connectivity index (χ3n) is 7.03. The number of nitrogens with one attached hydrogen (secondary N) is 1. The molecule has 3 aromatic heterocycles. The van der Waals surface area contributed by atoms with E-state index in [-0.39, 0.29) is 11.9 Å². The number of hydrogen-bond donors (Lipinski definition) is 1. The van der Waals surface area contributed by atoms with E-state index in [0.29, 0.717) is 65.0 Å². The van der Waals surface area contributed by atoms with Crippen molar-refractivity contribution in [2.45, 2.75) is 19.9 Å². The van der Waals surface area contributed by atoms with E-state index in [1.807, 2.05) is 30.9 Å². The Labute approximate surface area is 234 Å². The summed E-state index contributed by atoms with van der Waals surface area (Å²) in [5, 5.41) is 11.2. The molecule has 208 valence electrons. The van der Waals surface area contributed by atoms with Crippen LogP contribution >= 0.6 is 0 Å². The molecular weight excluding hydrogens is 527 g/mol. The number of carbonyl (C=O) groups excluding carboxylic acids is 1. The first-order valence-corrected chi connectivity index (χ1v) is 13.0. The summed E-state index contributed by atoms with van der Waals surface area (Å²) in [5.41, 5.74) is 3.48. The third kappa shape index (κ3) is 4.97. The Morgan fingerprint density at radius 2 is 2.02 bits per heavy atom. The number of fused-ring (bicyclic) bond motifs is 2. The predicted octanol–water partition coefficient (Wildman–Crippen LogP) is 3.91. The summed E-state index contributed by atoms with van der Waals surface area (Å²) in [7, 11) is 1.64. The van der Waals surface area contributed by atoms with Gasteiger partial charge in [0.2, 0.25) is 11.9 Å². The minimum absolute atomic E-state index is 0.0131. The van der Waals surface area contributed by atoms with Crippen LogP contribution in [0, 0.1) is 12.7 Å². The molecule has 1 atom stereocenters. The largest absolute Gasteiger partial charge is 0.457 e. The van der Waals surface area contributed by atoms with Crippen molar-refractivity contribution in [1.29, 1.82) is 0 Å². The molecule has 0 aliphatic carbocycles. The monoisotopic (exact) mass is 554 g/mol. The molecule has 0 unspecified atom stereocenters. The van der Waals surface area contributed by atoms with Gasteiger partial charge in [-0.3, -0.25) is 4.79 Å². The SMILES string of the molecule is C=CC(=O)N1CCN(c2ncc3ncnc(Nc4ccc(Oc5cc(F)c6c(c5)nnn6C)c(C)c4)c3n2)C[C@H]1C. The number of aryl methyl sites for hydroxylation is 2. The highest BCUT2D eigenvalue weighted by Crippen LogP contribution is 2.32. The van der Waals surface area contributed by atoms with Gasteiger partial charge in [-0.15, -0.1) is 5.10 Å². The van der Waals surface area contributed by atoms with Crippen LogP contribution in [0.25, 0.3) is 22.1 Å². The Hall–Kier alpha value is -5.20. The van der Waals surface area contributed by atoms with Gasteiger partial charge in [0.05, 0.1) is 6.20 Å². The maximum absolute atomic E-state index is 14.6. The molecule has 4 heterocycles. The summed E-state index contributed by atoms with van der Waals surface area (Å²) in [6.45, 7) is 9.22. The predicted molar refractivity (Wildman–Crippen MR) is 152 cm³/mol. The maximum atomic E-state index is 14.6. The number of nitrogens with zero attached hydrogens (tertiary/aromatic N) is 9. The highest BCUT2D eigenvalue weighted by molar-refractivity contribution is 5.88. The van der Waals surface area contributed by atoms with Gasteiger partial charge in [-0.25, -0.2) is 29.0 Å². The summed E-state index contributed by atoms with van der Waals surface area (Å²) >= 11 is 0. The number of halogens is 1. The van der Waals surface area contributed by atoms with E-state index in [1.54, 1.807) is 30.3 Å². The Kier molecular flexibility index (Phi) is 6.61. The van der Waals surface area contributed by atoms with Gasteiger partial charge in [0, 0.05) is 50.5 Å². The topological polar surface area (TPSA) is 127 Å². The normalized spacial score (nSPS) is 15.4. The van der Waals surface area contributed by atoms with E-state index in [4.69, 9.17) is 9.72 Å². The van der Waals surface area contributed by atoms with Crippen molar-refractivity contribution >= 4 is 45.4 Å². The zero-order valence-corrected chi connectivity index (χ0v) is 22.7. The van der Waals surface area contributed by atoms with Gasteiger partial charge < -0.3 is 19.9 Å². The number of anilines is 3. The minimum atomic E-state index is -0.459. The van der Waals surface area contributed by atoms with E-state index in [0.717, 1.165) is 11.3 Å². The molecule has 0 spiro atoms. The molecule has 1 N–H and O–H groups in total. The van der Waals surface area contributed by atoms with Gasteiger partial charge in [-0.2, -0.15) is 0 Å². The van der Waals surface area contributed by atoms with E-state index in [2.05, 4.69) is 37.2 Å². The molecule has 1 amide bonds. The average molecular weight is 555 g/mol. The average Bonchev–Trinajstić information content (AvgIpc) is 3.34. The number of aromatic nitrogens is 7. The van der Waals surface area contributed by atoms with Crippen LogP contribution in [-0.4, -0.2) is 71.4 Å². The van der Waals surface area contributed by atoms with Crippen molar-refractivity contribution in [2.75, 3.05) is 29.9 Å². The van der Waals surface area contributed by atoms with Crippen LogP contribution in [0.3, 0.4) is 0 Å². The summed E-state index contributed by atoms with van der Waals surface area (Å²) in [4.78, 5) is 34.0. The van der Waals surface area contributed by atoms with Crippen LogP contribution in [0.2, 0.25) is 0 Å². The molecule has 0 saturated carbocycles. The highest BCUT2D eigenvalue weighted by Gasteiger charge is 2.27. The smallest absolute Gasteiger partial charge is 0.246 e. The molecule has 5 aromatic rings. The van der Waals surface area contributed by atoms with E-state index >= 15 is 0 Å². The molecule has 12 nitrogen and oxygen atoms in total. The molecule has 1 fully saturated rings. The molecule has 13 heteroatoms. The van der Waals surface area contributed by atoms with E-state index in [1.165, 1.54) is 23.2 Å². The Bertz CT molecular complexity index is 1810. The molecule has 0 bridgehead atoms. The number of piperazine rings is 1. The number of hydrogen-bond acceptors (Lipinski definition) is 10. The molecule has 1 aliphatic heterocycles. The van der Waals surface area contributed by atoms with Crippen molar-refractivity contribution < 1.29 is 13.9 Å². The third-order valence-corrected chi connectivity index (χ3v) is 7.03. The Balaban J connectivity index is 1.22. The molecule has 0 radical (unpaired) electrons. The van der Waals surface area contributed by atoms with E-state index in [9.17, 15) is 9.18 Å². The zero-order chi connectivity index (χ0) is 28.7. The van der Waals surface area contributed by atoms with E-state index < -0.39 is 5.82 Å². The van der Waals surface area contributed by atoms with Gasteiger partial charge in [0.1, 0.15) is 39.9 Å². The summed E-state index contributed by atoms with van der Waals surface area (Å²) in [5.74, 6) is 1.42. The first-order valence-electron chi connectivity index (χ1n) is 13.0. The fourth-order valence-corrected chi connectivity index (χ4v) is 4.95. The van der Waals surface area contributed by atoms with Gasteiger partial charge in [0.15, 0.2) is 11.6 Å². The number of rotatable bonds is 6. The first-order chi connectivity index (χ1) is 19.8. The quantitative estimate of drug-likeness (QED) is 0.309. The van der Waals surface area contributed by atoms with Crippen molar-refractivity contribution in [3.8, 4) is 11.5 Å². The van der Waals surface area contributed by atoms with Crippen LogP contribution in [0.1, 0.15) is 12.5 Å². The summed E-state index contributed by atoms with van der Waals surface area (Å²) in [6, 6.07) is 8.50. The second kappa shape index (κ2) is 10.4. The lowest BCUT2D eigenvalue weighted by atomic mass is 10.2. The van der Waals surface area contributed by atoms with Crippen molar-refractivity contribution in [3.63, 3.8) is 0 Å². The van der Waals surface area contributed by atoms with Crippen molar-refractivity contribution in [3.05, 3.63) is 66.9 Å². The fourth-order valence-electron chi connectivity index (χ4n) is 4.95. The second-order valence-electron chi connectivity index (χ2n) is 9.85. The molecule has 41 heavy (non-hydrogen) atoms. The molecule has 1 aliphatic rings. The summed E-state index contributed by atoms with van der Waals surface area (Å²) in [6.07, 6.45) is 4.47. The van der Waals surface area contributed by atoms with Crippen LogP contribution in [0.4, 0.5) is 21.8 Å². The molecule has 6 rings (SSSR count). The Morgan fingerprint density at radius 1 is 1.17 bits per heavy atom. The highest BCUT2D eigenvalue weighted by atomic mass is 19.1. The lowest BCUT2D eigenvalue weighted by Crippen LogP contribution is -2.54. The molecular formula is C28H27FN10O2. The number of ether oxygens (including phenoxy) is 1. The van der Waals surface area contributed by atoms with Gasteiger partial charge in [0.25, 0.3) is 0 Å². The van der Waals surface area contributed by atoms with Crippen LogP contribution in [0.15, 0.2) is 55.5 Å². The first kappa shape index (κ1) is 26.0. The zero-order valence-electron chi connectivity index (χ0n) is 22.7. The molecule has 2 aromatic carbocycles.